The summed E-state index contributed by atoms with van der Waals surface area (Å²) in [6, 6.07) is 14.5. The summed E-state index contributed by atoms with van der Waals surface area (Å²) in [7, 11) is 3.01. The van der Waals surface area contributed by atoms with Crippen molar-refractivity contribution < 1.29 is 28.6 Å². The third-order valence-electron chi connectivity index (χ3n) is 7.19. The quantitative estimate of drug-likeness (QED) is 0.233. The standard InChI is InChI=1S/C30H24ClN3O6/c1-14-9-20-21(10-15(14)2)33-30(32-20)34-25(16-5-7-19(38-3)8-6-16)24(27(36)29(34)37)26(35)22-12-17-11-18(31)13-23(39-4)28(17)40-22/h5-13,25,36H,1-4H3,(H,32,33). The van der Waals surface area contributed by atoms with Crippen molar-refractivity contribution in [2.24, 2.45) is 0 Å². The second kappa shape index (κ2) is 9.46. The Kier molecular flexibility index (Phi) is 6.03. The van der Waals surface area contributed by atoms with Gasteiger partial charge in [-0.05, 0) is 66.9 Å². The molecular weight excluding hydrogens is 534 g/mol. The van der Waals surface area contributed by atoms with Crippen molar-refractivity contribution in [2.75, 3.05) is 19.1 Å². The van der Waals surface area contributed by atoms with Crippen LogP contribution >= 0.6 is 11.6 Å². The number of benzene rings is 3. The lowest BCUT2D eigenvalue weighted by molar-refractivity contribution is -0.117. The summed E-state index contributed by atoms with van der Waals surface area (Å²) in [6.07, 6.45) is 0. The number of hydrogen-bond donors (Lipinski definition) is 2. The summed E-state index contributed by atoms with van der Waals surface area (Å²) in [5, 5.41) is 12.1. The molecule has 1 atom stereocenters. The van der Waals surface area contributed by atoms with Crippen molar-refractivity contribution in [3.05, 3.63) is 93.4 Å². The predicted molar refractivity (Wildman–Crippen MR) is 151 cm³/mol. The van der Waals surface area contributed by atoms with Gasteiger partial charge >= 0.3 is 0 Å². The molecule has 3 heterocycles. The van der Waals surface area contributed by atoms with Gasteiger partial charge in [-0.1, -0.05) is 23.7 Å². The van der Waals surface area contributed by atoms with Crippen LogP contribution in [0.15, 0.2) is 70.3 Å². The van der Waals surface area contributed by atoms with E-state index in [-0.39, 0.29) is 17.3 Å². The van der Waals surface area contributed by atoms with Gasteiger partial charge in [0.25, 0.3) is 5.91 Å². The first-order valence-corrected chi connectivity index (χ1v) is 12.8. The van der Waals surface area contributed by atoms with Crippen LogP contribution < -0.4 is 14.4 Å². The highest BCUT2D eigenvalue weighted by atomic mass is 35.5. The fourth-order valence-corrected chi connectivity index (χ4v) is 5.23. The predicted octanol–water partition coefficient (Wildman–Crippen LogP) is 6.38. The number of carbonyl (C=O) groups excluding carboxylic acids is 2. The lowest BCUT2D eigenvalue weighted by atomic mass is 9.95. The Morgan fingerprint density at radius 3 is 2.48 bits per heavy atom. The molecule has 0 spiro atoms. The summed E-state index contributed by atoms with van der Waals surface area (Å²) in [6.45, 7) is 3.96. The number of imidazole rings is 1. The van der Waals surface area contributed by atoms with Gasteiger partial charge in [-0.3, -0.25) is 14.5 Å². The van der Waals surface area contributed by atoms with E-state index in [1.807, 2.05) is 26.0 Å². The Bertz CT molecular complexity index is 1830. The molecule has 1 amide bonds. The number of carbonyl (C=O) groups is 2. The number of aromatic nitrogens is 2. The summed E-state index contributed by atoms with van der Waals surface area (Å²) >= 11 is 6.20. The minimum absolute atomic E-state index is 0.0823. The van der Waals surface area contributed by atoms with Crippen molar-refractivity contribution in [2.45, 2.75) is 19.9 Å². The maximum atomic E-state index is 14.0. The highest BCUT2D eigenvalue weighted by molar-refractivity contribution is 6.31. The number of Topliss-reactive ketones (excluding diaryl/α,β-unsaturated/α-hetero) is 1. The zero-order valence-electron chi connectivity index (χ0n) is 22.0. The molecule has 5 aromatic rings. The summed E-state index contributed by atoms with van der Waals surface area (Å²) in [4.78, 5) is 36.7. The molecule has 2 aromatic heterocycles. The molecule has 0 saturated heterocycles. The number of anilines is 1. The number of aliphatic hydroxyl groups excluding tert-OH is 1. The Morgan fingerprint density at radius 1 is 1.05 bits per heavy atom. The van der Waals surface area contributed by atoms with Gasteiger partial charge in [0, 0.05) is 16.5 Å². The van der Waals surface area contributed by atoms with Crippen molar-refractivity contribution >= 4 is 51.2 Å². The van der Waals surface area contributed by atoms with E-state index in [4.69, 9.17) is 25.5 Å². The third kappa shape index (κ3) is 3.97. The van der Waals surface area contributed by atoms with Gasteiger partial charge in [0.15, 0.2) is 22.9 Å². The van der Waals surface area contributed by atoms with Crippen LogP contribution in [-0.2, 0) is 4.79 Å². The maximum absolute atomic E-state index is 14.0. The van der Waals surface area contributed by atoms with Gasteiger partial charge in [-0.25, -0.2) is 4.98 Å². The molecule has 6 rings (SSSR count). The maximum Gasteiger partial charge on any atom is 0.296 e. The number of hydrogen-bond acceptors (Lipinski definition) is 7. The minimum Gasteiger partial charge on any atom is -0.503 e. The van der Waals surface area contributed by atoms with Crippen LogP contribution in [0.5, 0.6) is 11.5 Å². The van der Waals surface area contributed by atoms with E-state index in [0.29, 0.717) is 38.6 Å². The first kappa shape index (κ1) is 25.5. The highest BCUT2D eigenvalue weighted by Gasteiger charge is 2.46. The smallest absolute Gasteiger partial charge is 0.296 e. The molecule has 1 aliphatic heterocycles. The van der Waals surface area contributed by atoms with E-state index in [2.05, 4.69) is 9.97 Å². The van der Waals surface area contributed by atoms with Crippen molar-refractivity contribution in [3.8, 4) is 11.5 Å². The SMILES string of the molecule is COc1ccc(C2C(C(=O)c3cc4cc(Cl)cc(OC)c4o3)=C(O)C(=O)N2c2nc3cc(C)c(C)cc3[nH]2)cc1. The normalized spacial score (nSPS) is 15.5. The molecule has 1 aliphatic rings. The summed E-state index contributed by atoms with van der Waals surface area (Å²) in [5.41, 5.74) is 4.21. The first-order valence-electron chi connectivity index (χ1n) is 12.4. The molecule has 202 valence electrons. The van der Waals surface area contributed by atoms with Crippen LogP contribution in [0.1, 0.15) is 33.3 Å². The zero-order chi connectivity index (χ0) is 28.3. The number of rotatable bonds is 6. The van der Waals surface area contributed by atoms with Crippen molar-refractivity contribution in [3.63, 3.8) is 0 Å². The fourth-order valence-electron chi connectivity index (χ4n) is 5.01. The van der Waals surface area contributed by atoms with Gasteiger partial charge in [0.2, 0.25) is 11.7 Å². The molecule has 0 radical (unpaired) electrons. The Morgan fingerprint density at radius 2 is 1.77 bits per heavy atom. The molecular formula is C30H24ClN3O6. The second-order valence-electron chi connectivity index (χ2n) is 9.59. The number of H-pyrrole nitrogens is 1. The molecule has 0 saturated carbocycles. The Balaban J connectivity index is 1.51. The number of furan rings is 1. The number of aryl methyl sites for hydroxylation is 2. The Labute approximate surface area is 233 Å². The number of nitrogens with one attached hydrogen (secondary N) is 1. The van der Waals surface area contributed by atoms with E-state index in [9.17, 15) is 14.7 Å². The van der Waals surface area contributed by atoms with E-state index in [1.54, 1.807) is 43.5 Å². The number of ketones is 1. The largest absolute Gasteiger partial charge is 0.503 e. The summed E-state index contributed by atoms with van der Waals surface area (Å²) in [5.74, 6) is -1.07. The van der Waals surface area contributed by atoms with E-state index < -0.39 is 23.5 Å². The van der Waals surface area contributed by atoms with Gasteiger partial charge in [0.1, 0.15) is 5.75 Å². The lowest BCUT2D eigenvalue weighted by Gasteiger charge is -2.24. The Hall–Kier alpha value is -4.76. The van der Waals surface area contributed by atoms with Crippen LogP contribution in [0.3, 0.4) is 0 Å². The number of aromatic amines is 1. The molecule has 10 heteroatoms. The van der Waals surface area contributed by atoms with Gasteiger partial charge in [-0.2, -0.15) is 0 Å². The number of halogens is 1. The number of ether oxygens (including phenoxy) is 2. The van der Waals surface area contributed by atoms with E-state index >= 15 is 0 Å². The highest BCUT2D eigenvalue weighted by Crippen LogP contribution is 2.43. The van der Waals surface area contributed by atoms with Crippen LogP contribution in [-0.4, -0.2) is 41.0 Å². The zero-order valence-corrected chi connectivity index (χ0v) is 22.8. The number of nitrogens with zero attached hydrogens (tertiary/aromatic N) is 2. The van der Waals surface area contributed by atoms with E-state index in [1.165, 1.54) is 18.1 Å². The van der Waals surface area contributed by atoms with Gasteiger partial charge < -0.3 is 24.0 Å². The van der Waals surface area contributed by atoms with Crippen LogP contribution in [0.25, 0.3) is 22.0 Å². The van der Waals surface area contributed by atoms with Crippen LogP contribution in [0, 0.1) is 13.8 Å². The molecule has 3 aromatic carbocycles. The van der Waals surface area contributed by atoms with Gasteiger partial charge in [0.05, 0.1) is 36.9 Å². The molecule has 1 unspecified atom stereocenters. The van der Waals surface area contributed by atoms with Crippen LogP contribution in [0.2, 0.25) is 5.02 Å². The lowest BCUT2D eigenvalue weighted by Crippen LogP contribution is -2.32. The number of aliphatic hydroxyl groups is 1. The monoisotopic (exact) mass is 557 g/mol. The van der Waals surface area contributed by atoms with Crippen molar-refractivity contribution in [1.29, 1.82) is 0 Å². The number of fused-ring (bicyclic) bond motifs is 2. The first-order chi connectivity index (χ1) is 19.2. The minimum atomic E-state index is -1.01. The average Bonchev–Trinajstić information content (AvgIpc) is 3.62. The van der Waals surface area contributed by atoms with Gasteiger partial charge in [-0.15, -0.1) is 0 Å². The number of methoxy groups -OCH3 is 2. The third-order valence-corrected chi connectivity index (χ3v) is 7.41. The second-order valence-corrected chi connectivity index (χ2v) is 10.0. The molecule has 2 N–H and O–H groups in total. The molecule has 40 heavy (non-hydrogen) atoms. The van der Waals surface area contributed by atoms with E-state index in [0.717, 1.165) is 16.6 Å². The molecule has 9 nitrogen and oxygen atoms in total. The van der Waals surface area contributed by atoms with Crippen molar-refractivity contribution in [1.82, 2.24) is 9.97 Å². The van der Waals surface area contributed by atoms with Crippen LogP contribution in [0.4, 0.5) is 5.95 Å². The molecule has 0 aliphatic carbocycles. The molecule has 0 bridgehead atoms. The molecule has 0 fully saturated rings. The average molecular weight is 558 g/mol. The number of amides is 1. The topological polar surface area (TPSA) is 118 Å². The summed E-state index contributed by atoms with van der Waals surface area (Å²) < 4.78 is 16.5. The fraction of sp³-hybridized carbons (Fsp3) is 0.167.